The molecule has 0 saturated carbocycles. The van der Waals surface area contributed by atoms with Gasteiger partial charge in [-0.25, -0.2) is 17.5 Å². The van der Waals surface area contributed by atoms with Crippen LogP contribution in [0.15, 0.2) is 36.4 Å². The number of nitrogens with one attached hydrogen (secondary N) is 1. The molecule has 2 aromatic rings. The lowest BCUT2D eigenvalue weighted by Gasteiger charge is -2.30. The molecule has 9 nitrogen and oxygen atoms in total. The number of methoxy groups -OCH3 is 3. The fraction of sp³-hybridized carbons (Fsp3) is 0.391. The van der Waals surface area contributed by atoms with Crippen LogP contribution in [0.25, 0.3) is 0 Å². The average Bonchev–Trinajstić information content (AvgIpc) is 2.84. The zero-order valence-electron chi connectivity index (χ0n) is 19.2. The Labute approximate surface area is 204 Å². The summed E-state index contributed by atoms with van der Waals surface area (Å²) in [6.45, 7) is 0.452. The van der Waals surface area contributed by atoms with Crippen LogP contribution in [0.1, 0.15) is 28.8 Å². The molecule has 184 valence electrons. The molecular weight excluding hydrogens is 484 g/mol. The first kappa shape index (κ1) is 25.8. The summed E-state index contributed by atoms with van der Waals surface area (Å²) in [5, 5.41) is 3.30. The Kier molecular flexibility index (Phi) is 8.40. The van der Waals surface area contributed by atoms with Crippen molar-refractivity contribution in [3.05, 3.63) is 52.5 Å². The van der Waals surface area contributed by atoms with Crippen LogP contribution >= 0.6 is 11.6 Å². The van der Waals surface area contributed by atoms with Crippen molar-refractivity contribution >= 4 is 39.2 Å². The molecule has 2 aromatic carbocycles. The third-order valence-corrected chi connectivity index (χ3v) is 7.77. The van der Waals surface area contributed by atoms with Gasteiger partial charge in [0.25, 0.3) is 0 Å². The van der Waals surface area contributed by atoms with Crippen molar-refractivity contribution in [2.75, 3.05) is 39.7 Å². The lowest BCUT2D eigenvalue weighted by atomic mass is 9.97. The number of piperidine rings is 1. The van der Waals surface area contributed by atoms with Crippen molar-refractivity contribution in [1.29, 1.82) is 0 Å². The molecule has 3 rings (SSSR count). The molecule has 1 N–H and O–H groups in total. The highest BCUT2D eigenvalue weighted by molar-refractivity contribution is 7.88. The van der Waals surface area contributed by atoms with Gasteiger partial charge < -0.3 is 19.5 Å². The van der Waals surface area contributed by atoms with Crippen molar-refractivity contribution in [2.24, 2.45) is 5.92 Å². The molecule has 1 saturated heterocycles. The van der Waals surface area contributed by atoms with Gasteiger partial charge in [0.1, 0.15) is 0 Å². The summed E-state index contributed by atoms with van der Waals surface area (Å²) in [7, 11) is 0.595. The van der Waals surface area contributed by atoms with Gasteiger partial charge in [0.15, 0.2) is 11.5 Å². The summed E-state index contributed by atoms with van der Waals surface area (Å²) in [6.07, 6.45) is 0.707. The molecule has 0 aromatic heterocycles. The smallest absolute Gasteiger partial charge is 0.340 e. The lowest BCUT2D eigenvalue weighted by molar-refractivity contribution is -0.120. The monoisotopic (exact) mass is 510 g/mol. The SMILES string of the molecule is COC(=O)c1cc(OC)c(OC)cc1NC(=O)C1CCN(S(=O)(=O)Cc2ccc(Cl)cc2)CC1. The molecular formula is C23H27ClN2O7S. The van der Waals surface area contributed by atoms with E-state index in [4.69, 9.17) is 25.8 Å². The highest BCUT2D eigenvalue weighted by Gasteiger charge is 2.32. The van der Waals surface area contributed by atoms with E-state index in [1.807, 2.05) is 0 Å². The predicted octanol–water partition coefficient (Wildman–Crippen LogP) is 3.32. The van der Waals surface area contributed by atoms with Gasteiger partial charge in [-0.1, -0.05) is 23.7 Å². The van der Waals surface area contributed by atoms with E-state index in [9.17, 15) is 18.0 Å². The zero-order valence-corrected chi connectivity index (χ0v) is 20.7. The second-order valence-electron chi connectivity index (χ2n) is 7.79. The van der Waals surface area contributed by atoms with E-state index in [-0.39, 0.29) is 36.0 Å². The molecule has 1 aliphatic heterocycles. The minimum absolute atomic E-state index is 0.122. The van der Waals surface area contributed by atoms with E-state index < -0.39 is 21.9 Å². The van der Waals surface area contributed by atoms with Crippen LogP contribution in [-0.2, 0) is 25.3 Å². The van der Waals surface area contributed by atoms with Crippen molar-refractivity contribution in [1.82, 2.24) is 4.31 Å². The fourth-order valence-electron chi connectivity index (χ4n) is 3.77. The summed E-state index contributed by atoms with van der Waals surface area (Å²) in [5.41, 5.74) is 0.997. The number of carbonyl (C=O) groups is 2. The quantitative estimate of drug-likeness (QED) is 0.542. The number of halogens is 1. The van der Waals surface area contributed by atoms with Crippen molar-refractivity contribution in [2.45, 2.75) is 18.6 Å². The Balaban J connectivity index is 1.68. The maximum atomic E-state index is 12.9. The van der Waals surface area contributed by atoms with Crippen LogP contribution in [0.5, 0.6) is 11.5 Å². The highest BCUT2D eigenvalue weighted by Crippen LogP contribution is 2.34. The van der Waals surface area contributed by atoms with E-state index in [1.54, 1.807) is 24.3 Å². The lowest BCUT2D eigenvalue weighted by Crippen LogP contribution is -2.42. The van der Waals surface area contributed by atoms with E-state index in [2.05, 4.69) is 5.32 Å². The maximum Gasteiger partial charge on any atom is 0.340 e. The average molecular weight is 511 g/mol. The third-order valence-electron chi connectivity index (χ3n) is 5.67. The number of carbonyl (C=O) groups excluding carboxylic acids is 2. The Morgan fingerprint density at radius 3 is 2.18 bits per heavy atom. The Morgan fingerprint density at radius 2 is 1.62 bits per heavy atom. The number of sulfonamides is 1. The molecule has 11 heteroatoms. The first-order valence-electron chi connectivity index (χ1n) is 10.6. The van der Waals surface area contributed by atoms with Gasteiger partial charge in [-0.05, 0) is 30.5 Å². The molecule has 0 radical (unpaired) electrons. The normalized spacial score (nSPS) is 14.9. The molecule has 1 fully saturated rings. The van der Waals surface area contributed by atoms with Gasteiger partial charge in [-0.3, -0.25) is 4.79 Å². The standard InChI is InChI=1S/C23H27ClN2O7S/c1-31-20-12-18(23(28)33-3)19(13-21(20)32-2)25-22(27)16-8-10-26(11-9-16)34(29,30)14-15-4-6-17(24)7-5-15/h4-7,12-13,16H,8-11,14H2,1-3H3,(H,25,27). The van der Waals surface area contributed by atoms with Crippen LogP contribution in [0.3, 0.4) is 0 Å². The number of amides is 1. The van der Waals surface area contributed by atoms with E-state index in [1.165, 1.54) is 37.8 Å². The molecule has 0 spiro atoms. The number of hydrogen-bond donors (Lipinski definition) is 1. The first-order valence-corrected chi connectivity index (χ1v) is 12.5. The van der Waals surface area contributed by atoms with Gasteiger partial charge in [0, 0.05) is 36.2 Å². The Morgan fingerprint density at radius 1 is 1.03 bits per heavy atom. The summed E-state index contributed by atoms with van der Waals surface area (Å²) in [5.74, 6) is -0.837. The van der Waals surface area contributed by atoms with Gasteiger partial charge in [-0.15, -0.1) is 0 Å². The van der Waals surface area contributed by atoms with Gasteiger partial charge >= 0.3 is 5.97 Å². The van der Waals surface area contributed by atoms with Crippen LogP contribution in [0.4, 0.5) is 5.69 Å². The van der Waals surface area contributed by atoms with E-state index in [0.29, 0.717) is 34.9 Å². The summed E-state index contributed by atoms with van der Waals surface area (Å²) < 4.78 is 42.3. The van der Waals surface area contributed by atoms with Gasteiger partial charge in [0.2, 0.25) is 15.9 Å². The fourth-order valence-corrected chi connectivity index (χ4v) is 5.46. The Hall–Kier alpha value is -2.82. The van der Waals surface area contributed by atoms with Crippen molar-refractivity contribution in [3.8, 4) is 11.5 Å². The first-order chi connectivity index (χ1) is 16.2. The van der Waals surface area contributed by atoms with Crippen LogP contribution in [0, 0.1) is 5.92 Å². The van der Waals surface area contributed by atoms with E-state index in [0.717, 1.165) is 0 Å². The number of rotatable bonds is 8. The van der Waals surface area contributed by atoms with Crippen molar-refractivity contribution < 1.29 is 32.2 Å². The molecule has 1 aliphatic rings. The van der Waals surface area contributed by atoms with Crippen molar-refractivity contribution in [3.63, 3.8) is 0 Å². The number of ether oxygens (including phenoxy) is 3. The molecule has 0 unspecified atom stereocenters. The second-order valence-corrected chi connectivity index (χ2v) is 10.2. The zero-order chi connectivity index (χ0) is 24.9. The molecule has 34 heavy (non-hydrogen) atoms. The van der Waals surface area contributed by atoms with Gasteiger partial charge in [0.05, 0.1) is 38.3 Å². The second kappa shape index (κ2) is 11.1. The minimum atomic E-state index is -3.53. The van der Waals surface area contributed by atoms with Crippen LogP contribution < -0.4 is 14.8 Å². The topological polar surface area (TPSA) is 111 Å². The van der Waals surface area contributed by atoms with Crippen LogP contribution in [0.2, 0.25) is 5.02 Å². The summed E-state index contributed by atoms with van der Waals surface area (Å²) in [4.78, 5) is 25.2. The number of benzene rings is 2. The molecule has 1 amide bonds. The molecule has 1 heterocycles. The number of nitrogens with zero attached hydrogens (tertiary/aromatic N) is 1. The molecule has 0 atom stereocenters. The maximum absolute atomic E-state index is 12.9. The third kappa shape index (κ3) is 5.99. The Bertz CT molecular complexity index is 1140. The van der Waals surface area contributed by atoms with Crippen LogP contribution in [-0.4, -0.2) is 59.0 Å². The largest absolute Gasteiger partial charge is 0.493 e. The highest BCUT2D eigenvalue weighted by atomic mass is 35.5. The summed E-state index contributed by atoms with van der Waals surface area (Å²) >= 11 is 5.87. The van der Waals surface area contributed by atoms with E-state index >= 15 is 0 Å². The number of esters is 1. The molecule has 0 bridgehead atoms. The van der Waals surface area contributed by atoms with Gasteiger partial charge in [-0.2, -0.15) is 0 Å². The minimum Gasteiger partial charge on any atom is -0.493 e. The molecule has 0 aliphatic carbocycles. The summed E-state index contributed by atoms with van der Waals surface area (Å²) in [6, 6.07) is 9.60. The number of hydrogen-bond acceptors (Lipinski definition) is 7. The predicted molar refractivity (Wildman–Crippen MR) is 128 cm³/mol. The number of anilines is 1.